The second kappa shape index (κ2) is 8.51. The molecule has 7 nitrogen and oxygen atoms in total. The maximum atomic E-state index is 14.9. The number of fused-ring (bicyclic) bond motifs is 1. The van der Waals surface area contributed by atoms with Gasteiger partial charge in [-0.2, -0.15) is 0 Å². The summed E-state index contributed by atoms with van der Waals surface area (Å²) in [5, 5.41) is 3.84. The van der Waals surface area contributed by atoms with Crippen molar-refractivity contribution >= 4 is 34.0 Å². The van der Waals surface area contributed by atoms with Gasteiger partial charge in [-0.05, 0) is 76.5 Å². The number of methoxy groups -OCH3 is 1. The highest BCUT2D eigenvalue weighted by molar-refractivity contribution is 6.04. The van der Waals surface area contributed by atoms with Crippen molar-refractivity contribution in [3.63, 3.8) is 0 Å². The van der Waals surface area contributed by atoms with Gasteiger partial charge in [0, 0.05) is 18.0 Å². The largest absolute Gasteiger partial charge is 0.494 e. The Morgan fingerprint density at radius 3 is 2.56 bits per heavy atom. The summed E-state index contributed by atoms with van der Waals surface area (Å²) in [6, 6.07) is 7.30. The molecule has 1 N–H and O–H groups in total. The van der Waals surface area contributed by atoms with Crippen molar-refractivity contribution in [1.82, 2.24) is 14.9 Å². The molecule has 2 aliphatic heterocycles. The number of ether oxygens (including phenoxy) is 1. The van der Waals surface area contributed by atoms with Crippen LogP contribution in [0.4, 0.5) is 21.6 Å². The number of carbonyl (C=O) groups excluding carboxylic acids is 1. The Morgan fingerprint density at radius 1 is 1.09 bits per heavy atom. The number of anilines is 3. The fraction of sp³-hybridized carbons (Fsp3) is 0.423. The smallest absolute Gasteiger partial charge is 0.233 e. The van der Waals surface area contributed by atoms with Crippen molar-refractivity contribution in [3.8, 4) is 5.75 Å². The summed E-state index contributed by atoms with van der Waals surface area (Å²) >= 11 is 0. The zero-order valence-electron chi connectivity index (χ0n) is 20.1. The molecule has 0 saturated carbocycles. The average Bonchev–Trinajstić information content (AvgIpc) is 3.16. The first-order valence-corrected chi connectivity index (χ1v) is 11.7. The van der Waals surface area contributed by atoms with Gasteiger partial charge in [0.1, 0.15) is 23.7 Å². The number of rotatable bonds is 4. The van der Waals surface area contributed by atoms with Crippen molar-refractivity contribution in [3.05, 3.63) is 47.5 Å². The van der Waals surface area contributed by atoms with E-state index in [0.717, 1.165) is 37.9 Å². The Bertz CT molecular complexity index is 1270. The summed E-state index contributed by atoms with van der Waals surface area (Å²) in [7, 11) is 3.70. The summed E-state index contributed by atoms with van der Waals surface area (Å²) in [6.07, 6.45) is 4.02. The van der Waals surface area contributed by atoms with Gasteiger partial charge in [0.2, 0.25) is 5.91 Å². The Morgan fingerprint density at radius 2 is 1.82 bits per heavy atom. The van der Waals surface area contributed by atoms with E-state index in [0.29, 0.717) is 46.0 Å². The molecule has 34 heavy (non-hydrogen) atoms. The number of halogens is 1. The maximum absolute atomic E-state index is 14.9. The topological polar surface area (TPSA) is 70.6 Å². The van der Waals surface area contributed by atoms with Crippen molar-refractivity contribution < 1.29 is 13.9 Å². The van der Waals surface area contributed by atoms with Crippen molar-refractivity contribution in [1.29, 1.82) is 0 Å². The van der Waals surface area contributed by atoms with Crippen LogP contribution in [0.3, 0.4) is 0 Å². The predicted octanol–water partition coefficient (Wildman–Crippen LogP) is 4.59. The van der Waals surface area contributed by atoms with Crippen molar-refractivity contribution in [2.24, 2.45) is 5.41 Å². The zero-order chi connectivity index (χ0) is 24.0. The summed E-state index contributed by atoms with van der Waals surface area (Å²) in [4.78, 5) is 26.5. The van der Waals surface area contributed by atoms with Gasteiger partial charge in [-0.3, -0.25) is 4.79 Å². The van der Waals surface area contributed by atoms with Gasteiger partial charge in [-0.15, -0.1) is 0 Å². The lowest BCUT2D eigenvalue weighted by molar-refractivity contribution is -0.127. The first-order chi connectivity index (χ1) is 16.3. The minimum absolute atomic E-state index is 0.157. The van der Waals surface area contributed by atoms with E-state index >= 15 is 0 Å². The molecule has 1 spiro atoms. The molecule has 178 valence electrons. The summed E-state index contributed by atoms with van der Waals surface area (Å²) in [5.74, 6) is 0.925. The van der Waals surface area contributed by atoms with Crippen LogP contribution < -0.4 is 15.0 Å². The van der Waals surface area contributed by atoms with Gasteiger partial charge in [0.05, 0.1) is 29.4 Å². The first-order valence-electron chi connectivity index (χ1n) is 11.7. The highest BCUT2D eigenvalue weighted by Crippen LogP contribution is 2.46. The number of amides is 1. The molecule has 2 saturated heterocycles. The van der Waals surface area contributed by atoms with Crippen LogP contribution in [0, 0.1) is 25.1 Å². The van der Waals surface area contributed by atoms with E-state index in [9.17, 15) is 9.18 Å². The van der Waals surface area contributed by atoms with Crippen molar-refractivity contribution in [2.45, 2.75) is 33.1 Å². The number of nitrogens with zero attached hydrogens (tertiary/aromatic N) is 4. The molecule has 2 aromatic carbocycles. The molecule has 0 atom stereocenters. The summed E-state index contributed by atoms with van der Waals surface area (Å²) in [6.45, 7) is 6.14. The average molecular weight is 464 g/mol. The van der Waals surface area contributed by atoms with Gasteiger partial charge >= 0.3 is 0 Å². The van der Waals surface area contributed by atoms with Crippen molar-refractivity contribution in [2.75, 3.05) is 44.0 Å². The lowest BCUT2D eigenvalue weighted by atomic mass is 9.77. The minimum Gasteiger partial charge on any atom is -0.494 e. The van der Waals surface area contributed by atoms with E-state index in [1.165, 1.54) is 6.33 Å². The number of hydrogen-bond acceptors (Lipinski definition) is 6. The predicted molar refractivity (Wildman–Crippen MR) is 131 cm³/mol. The fourth-order valence-electron chi connectivity index (χ4n) is 5.11. The number of hydrogen-bond donors (Lipinski definition) is 1. The second-order valence-corrected chi connectivity index (χ2v) is 9.55. The molecule has 0 bridgehead atoms. The molecular formula is C26H30FN5O2. The molecule has 0 aliphatic carbocycles. The standard InChI is InChI=1S/C26H30FN5O2/c1-16-5-6-19(23(27)17(16)2)30-24-18-13-21(22(34-4)14-20(18)28-15-29-24)32-12-9-26(25(32)33)7-10-31(3)11-8-26/h5-6,13-15H,7-12H2,1-4H3,(H,28,29,30). The van der Waals surface area contributed by atoms with Crippen LogP contribution in [0.25, 0.3) is 10.9 Å². The molecule has 2 fully saturated rings. The quantitative estimate of drug-likeness (QED) is 0.611. The van der Waals surface area contributed by atoms with E-state index in [1.54, 1.807) is 20.1 Å². The lowest BCUT2D eigenvalue weighted by Crippen LogP contribution is -2.43. The number of piperidine rings is 1. The highest BCUT2D eigenvalue weighted by atomic mass is 19.1. The Labute approximate surface area is 198 Å². The number of aromatic nitrogens is 2. The highest BCUT2D eigenvalue weighted by Gasteiger charge is 2.48. The number of nitrogens with one attached hydrogen (secondary N) is 1. The van der Waals surface area contributed by atoms with Gasteiger partial charge in [0.15, 0.2) is 0 Å². The van der Waals surface area contributed by atoms with Gasteiger partial charge in [-0.25, -0.2) is 14.4 Å². The maximum Gasteiger partial charge on any atom is 0.233 e. The number of carbonyl (C=O) groups is 1. The normalized spacial score (nSPS) is 18.1. The monoisotopic (exact) mass is 463 g/mol. The molecule has 0 unspecified atom stereocenters. The molecule has 1 aromatic heterocycles. The Balaban J connectivity index is 1.55. The first kappa shape index (κ1) is 22.5. The molecule has 1 amide bonds. The molecule has 0 radical (unpaired) electrons. The van der Waals surface area contributed by atoms with Crippen LogP contribution in [0.5, 0.6) is 5.75 Å². The van der Waals surface area contributed by atoms with E-state index in [1.807, 2.05) is 30.0 Å². The molecule has 3 aromatic rings. The molecule has 3 heterocycles. The van der Waals surface area contributed by atoms with Crippen LogP contribution in [0.2, 0.25) is 0 Å². The van der Waals surface area contributed by atoms with Crippen LogP contribution in [-0.4, -0.2) is 54.6 Å². The molecular weight excluding hydrogens is 433 g/mol. The van der Waals surface area contributed by atoms with Gasteiger partial charge in [0.25, 0.3) is 0 Å². The summed E-state index contributed by atoms with van der Waals surface area (Å²) in [5.41, 5.74) is 2.89. The van der Waals surface area contributed by atoms with Gasteiger partial charge in [-0.1, -0.05) is 6.07 Å². The number of benzene rings is 2. The molecule has 8 heteroatoms. The molecule has 5 rings (SSSR count). The number of aryl methyl sites for hydroxylation is 1. The van der Waals surface area contributed by atoms with E-state index in [4.69, 9.17) is 4.74 Å². The number of likely N-dealkylation sites (tertiary alicyclic amines) is 1. The van der Waals surface area contributed by atoms with E-state index < -0.39 is 0 Å². The zero-order valence-corrected chi connectivity index (χ0v) is 20.1. The lowest BCUT2D eigenvalue weighted by Gasteiger charge is -2.36. The van der Waals surface area contributed by atoms with Crippen LogP contribution in [0.15, 0.2) is 30.6 Å². The summed E-state index contributed by atoms with van der Waals surface area (Å²) < 4.78 is 20.6. The van der Waals surface area contributed by atoms with E-state index in [2.05, 4.69) is 27.2 Å². The van der Waals surface area contributed by atoms with E-state index in [-0.39, 0.29) is 17.1 Å². The minimum atomic E-state index is -0.306. The second-order valence-electron chi connectivity index (χ2n) is 9.55. The van der Waals surface area contributed by atoms with Gasteiger partial charge < -0.3 is 19.9 Å². The Kier molecular flexibility index (Phi) is 5.64. The SMILES string of the molecule is COc1cc2ncnc(Nc3ccc(C)c(C)c3F)c2cc1N1CCC2(CCN(C)CC2)C1=O. The van der Waals surface area contributed by atoms with Crippen LogP contribution in [-0.2, 0) is 4.79 Å². The third-order valence-corrected chi connectivity index (χ3v) is 7.59. The third kappa shape index (κ3) is 3.66. The fourth-order valence-corrected chi connectivity index (χ4v) is 5.11. The Hall–Kier alpha value is -3.26. The van der Waals surface area contributed by atoms with Crippen LogP contribution >= 0.6 is 0 Å². The third-order valence-electron chi connectivity index (χ3n) is 7.59. The molecule has 2 aliphatic rings. The van der Waals surface area contributed by atoms with Crippen LogP contribution in [0.1, 0.15) is 30.4 Å².